The number of rotatable bonds is 3. The second kappa shape index (κ2) is 5.49. The third kappa shape index (κ3) is 3.32. The Labute approximate surface area is 102 Å². The Morgan fingerprint density at radius 1 is 1.53 bits per heavy atom. The average Bonchev–Trinajstić information content (AvgIpc) is 2.21. The number of nitrogens with zero attached hydrogens (tertiary/aromatic N) is 1. The van der Waals surface area contributed by atoms with Crippen molar-refractivity contribution in [1.29, 1.82) is 0 Å². The minimum atomic E-state index is -0.910. The lowest BCUT2D eigenvalue weighted by Crippen LogP contribution is -2.11. The molecule has 17 heavy (non-hydrogen) atoms. The minimum Gasteiger partial charge on any atom is -0.434 e. The molecule has 0 aliphatic carbocycles. The Hall–Kier alpha value is -1.82. The number of nitro groups is 1. The SMILES string of the molecule is CCOC(=O)Oc1cc([N+](=O)[O-])c(Cl)cc1C. The number of ether oxygens (including phenoxy) is 2. The van der Waals surface area contributed by atoms with Gasteiger partial charge in [-0.25, -0.2) is 4.79 Å². The van der Waals surface area contributed by atoms with Crippen molar-refractivity contribution >= 4 is 23.4 Å². The Bertz CT molecular complexity index is 460. The Kier molecular flexibility index (Phi) is 4.28. The fourth-order valence-electron chi connectivity index (χ4n) is 1.13. The van der Waals surface area contributed by atoms with Gasteiger partial charge < -0.3 is 9.47 Å². The summed E-state index contributed by atoms with van der Waals surface area (Å²) < 4.78 is 9.37. The van der Waals surface area contributed by atoms with Crippen LogP contribution >= 0.6 is 11.6 Å². The van der Waals surface area contributed by atoms with Gasteiger partial charge in [0, 0.05) is 0 Å². The molecular weight excluding hydrogens is 250 g/mol. The molecule has 0 amide bonds. The van der Waals surface area contributed by atoms with Crippen LogP contribution in [0.4, 0.5) is 10.5 Å². The highest BCUT2D eigenvalue weighted by atomic mass is 35.5. The number of carbonyl (C=O) groups excluding carboxylic acids is 1. The van der Waals surface area contributed by atoms with Crippen LogP contribution in [0, 0.1) is 17.0 Å². The van der Waals surface area contributed by atoms with Crippen molar-refractivity contribution in [2.45, 2.75) is 13.8 Å². The van der Waals surface area contributed by atoms with Crippen LogP contribution < -0.4 is 4.74 Å². The average molecular weight is 260 g/mol. The van der Waals surface area contributed by atoms with Crippen molar-refractivity contribution in [2.24, 2.45) is 0 Å². The minimum absolute atomic E-state index is 0.0105. The van der Waals surface area contributed by atoms with Gasteiger partial charge in [0.1, 0.15) is 10.8 Å². The van der Waals surface area contributed by atoms with Crippen molar-refractivity contribution in [3.05, 3.63) is 32.8 Å². The number of benzene rings is 1. The van der Waals surface area contributed by atoms with Gasteiger partial charge in [-0.2, -0.15) is 0 Å². The summed E-state index contributed by atoms with van der Waals surface area (Å²) in [7, 11) is 0. The van der Waals surface area contributed by atoms with E-state index in [-0.39, 0.29) is 23.1 Å². The summed E-state index contributed by atoms with van der Waals surface area (Å²) >= 11 is 5.68. The molecule has 1 rings (SSSR count). The maximum atomic E-state index is 11.1. The van der Waals surface area contributed by atoms with E-state index < -0.39 is 11.1 Å². The number of hydrogen-bond acceptors (Lipinski definition) is 5. The van der Waals surface area contributed by atoms with Crippen LogP contribution in [-0.2, 0) is 4.74 Å². The lowest BCUT2D eigenvalue weighted by atomic mass is 10.2. The highest BCUT2D eigenvalue weighted by Crippen LogP contribution is 2.32. The first-order valence-corrected chi connectivity index (χ1v) is 5.12. The zero-order chi connectivity index (χ0) is 13.0. The first-order valence-electron chi connectivity index (χ1n) is 4.74. The fourth-order valence-corrected chi connectivity index (χ4v) is 1.42. The van der Waals surface area contributed by atoms with Crippen LogP contribution in [0.15, 0.2) is 12.1 Å². The zero-order valence-corrected chi connectivity index (χ0v) is 9.98. The highest BCUT2D eigenvalue weighted by Gasteiger charge is 2.18. The molecule has 0 saturated carbocycles. The molecule has 7 heteroatoms. The lowest BCUT2D eigenvalue weighted by molar-refractivity contribution is -0.384. The van der Waals surface area contributed by atoms with Crippen LogP contribution in [0.1, 0.15) is 12.5 Å². The largest absolute Gasteiger partial charge is 0.513 e. The molecule has 0 N–H and O–H groups in total. The molecule has 0 unspecified atom stereocenters. The third-order valence-corrected chi connectivity index (χ3v) is 2.20. The predicted octanol–water partition coefficient (Wildman–Crippen LogP) is 3.09. The van der Waals surface area contributed by atoms with Gasteiger partial charge >= 0.3 is 6.16 Å². The van der Waals surface area contributed by atoms with Gasteiger partial charge in [-0.3, -0.25) is 10.1 Å². The molecule has 6 nitrogen and oxygen atoms in total. The number of aryl methyl sites for hydroxylation is 1. The van der Waals surface area contributed by atoms with E-state index in [0.717, 1.165) is 6.07 Å². The molecule has 1 aromatic rings. The summed E-state index contributed by atoms with van der Waals surface area (Å²) in [6.07, 6.45) is -0.910. The van der Waals surface area contributed by atoms with Crippen LogP contribution in [0.5, 0.6) is 5.75 Å². The first kappa shape index (κ1) is 13.2. The molecule has 92 valence electrons. The van der Waals surface area contributed by atoms with Crippen molar-refractivity contribution in [3.8, 4) is 5.75 Å². The molecule has 0 fully saturated rings. The molecule has 0 aliphatic heterocycles. The summed E-state index contributed by atoms with van der Waals surface area (Å²) in [5, 5.41) is 10.6. The van der Waals surface area contributed by atoms with E-state index in [1.165, 1.54) is 6.07 Å². The predicted molar refractivity (Wildman–Crippen MR) is 60.5 cm³/mol. The quantitative estimate of drug-likeness (QED) is 0.361. The summed E-state index contributed by atoms with van der Waals surface area (Å²) in [6, 6.07) is 2.45. The van der Waals surface area contributed by atoms with E-state index >= 15 is 0 Å². The summed E-state index contributed by atoms with van der Waals surface area (Å²) in [6.45, 7) is 3.40. The molecule has 0 aliphatic rings. The lowest BCUT2D eigenvalue weighted by Gasteiger charge is -2.07. The van der Waals surface area contributed by atoms with Crippen LogP contribution in [0.25, 0.3) is 0 Å². The fraction of sp³-hybridized carbons (Fsp3) is 0.300. The second-order valence-electron chi connectivity index (χ2n) is 3.11. The van der Waals surface area contributed by atoms with E-state index in [2.05, 4.69) is 4.74 Å². The van der Waals surface area contributed by atoms with Gasteiger partial charge in [0.05, 0.1) is 17.6 Å². The molecule has 0 aromatic heterocycles. The standard InChI is InChI=1S/C10H10ClNO5/c1-3-16-10(13)17-9-5-8(12(14)15)7(11)4-6(9)2/h4-5H,3H2,1-2H3. The van der Waals surface area contributed by atoms with Gasteiger partial charge in [-0.15, -0.1) is 0 Å². The molecule has 1 aromatic carbocycles. The third-order valence-electron chi connectivity index (χ3n) is 1.90. The normalized spacial score (nSPS) is 9.82. The molecule has 0 heterocycles. The van der Waals surface area contributed by atoms with Crippen molar-refractivity contribution < 1.29 is 19.2 Å². The zero-order valence-electron chi connectivity index (χ0n) is 9.23. The second-order valence-corrected chi connectivity index (χ2v) is 3.52. The van der Waals surface area contributed by atoms with Crippen molar-refractivity contribution in [1.82, 2.24) is 0 Å². The number of nitro benzene ring substituents is 1. The smallest absolute Gasteiger partial charge is 0.434 e. The van der Waals surface area contributed by atoms with E-state index in [9.17, 15) is 14.9 Å². The van der Waals surface area contributed by atoms with Gasteiger partial charge in [0.2, 0.25) is 0 Å². The van der Waals surface area contributed by atoms with E-state index in [0.29, 0.717) is 5.56 Å². The van der Waals surface area contributed by atoms with Crippen LogP contribution in [0.2, 0.25) is 5.02 Å². The van der Waals surface area contributed by atoms with Crippen LogP contribution in [0.3, 0.4) is 0 Å². The van der Waals surface area contributed by atoms with Crippen LogP contribution in [-0.4, -0.2) is 17.7 Å². The Morgan fingerprint density at radius 3 is 2.71 bits per heavy atom. The monoisotopic (exact) mass is 259 g/mol. The Morgan fingerprint density at radius 2 is 2.18 bits per heavy atom. The number of halogens is 1. The summed E-state index contributed by atoms with van der Waals surface area (Å²) in [5.41, 5.74) is 0.185. The summed E-state index contributed by atoms with van der Waals surface area (Å²) in [4.78, 5) is 21.1. The van der Waals surface area contributed by atoms with E-state index in [1.807, 2.05) is 0 Å². The van der Waals surface area contributed by atoms with Gasteiger partial charge in [0.15, 0.2) is 0 Å². The van der Waals surface area contributed by atoms with Gasteiger partial charge in [-0.05, 0) is 25.5 Å². The maximum Gasteiger partial charge on any atom is 0.513 e. The van der Waals surface area contributed by atoms with Crippen molar-refractivity contribution in [3.63, 3.8) is 0 Å². The molecule has 0 atom stereocenters. The van der Waals surface area contributed by atoms with Gasteiger partial charge in [0.25, 0.3) is 5.69 Å². The first-order chi connectivity index (χ1) is 7.95. The van der Waals surface area contributed by atoms with E-state index in [1.54, 1.807) is 13.8 Å². The molecule has 0 bridgehead atoms. The number of hydrogen-bond donors (Lipinski definition) is 0. The molecule has 0 radical (unpaired) electrons. The summed E-state index contributed by atoms with van der Waals surface area (Å²) in [5.74, 6) is 0.0551. The molecule has 0 spiro atoms. The molecular formula is C10H10ClNO5. The topological polar surface area (TPSA) is 78.7 Å². The molecule has 0 saturated heterocycles. The maximum absolute atomic E-state index is 11.1. The van der Waals surface area contributed by atoms with E-state index in [4.69, 9.17) is 16.3 Å². The highest BCUT2D eigenvalue weighted by molar-refractivity contribution is 6.32. The Balaban J connectivity index is 3.03. The van der Waals surface area contributed by atoms with Gasteiger partial charge in [-0.1, -0.05) is 11.6 Å². The van der Waals surface area contributed by atoms with Crippen molar-refractivity contribution in [2.75, 3.05) is 6.61 Å². The number of carbonyl (C=O) groups is 1.